The average Bonchev–Trinajstić information content (AvgIpc) is 2.35. The van der Waals surface area contributed by atoms with Crippen molar-refractivity contribution in [2.45, 2.75) is 46.5 Å². The summed E-state index contributed by atoms with van der Waals surface area (Å²) in [5.74, 6) is 1.58. The van der Waals surface area contributed by atoms with Gasteiger partial charge in [0.1, 0.15) is 0 Å². The lowest BCUT2D eigenvalue weighted by atomic mass is 9.69. The highest BCUT2D eigenvalue weighted by Crippen LogP contribution is 2.39. The topological polar surface area (TPSA) is 32.5 Å². The molecule has 0 radical (unpaired) electrons. The van der Waals surface area contributed by atoms with Gasteiger partial charge in [-0.1, -0.05) is 33.6 Å². The molecule has 0 bridgehead atoms. The third kappa shape index (κ3) is 6.11. The molecule has 0 heterocycles. The van der Waals surface area contributed by atoms with Crippen LogP contribution in [0.4, 0.5) is 0 Å². The van der Waals surface area contributed by atoms with Crippen molar-refractivity contribution in [2.75, 3.05) is 46.8 Å². The van der Waals surface area contributed by atoms with Crippen LogP contribution in [0.5, 0.6) is 0 Å². The zero-order valence-corrected chi connectivity index (χ0v) is 14.5. The normalized spacial score (nSPS) is 27.8. The van der Waals surface area contributed by atoms with E-state index < -0.39 is 0 Å². The molecule has 0 spiro atoms. The quantitative estimate of drug-likeness (QED) is 0.743. The Balaban J connectivity index is 2.64. The number of rotatable bonds is 8. The highest BCUT2D eigenvalue weighted by molar-refractivity contribution is 4.89. The zero-order valence-electron chi connectivity index (χ0n) is 14.5. The van der Waals surface area contributed by atoms with Gasteiger partial charge in [0.2, 0.25) is 0 Å². The van der Waals surface area contributed by atoms with E-state index in [1.165, 1.54) is 45.3 Å². The third-order valence-electron chi connectivity index (χ3n) is 4.66. The second-order valence-electron chi connectivity index (χ2n) is 7.84. The van der Waals surface area contributed by atoms with Crippen molar-refractivity contribution >= 4 is 0 Å². The Hall–Kier alpha value is -0.120. The Bertz CT molecular complexity index is 265. The van der Waals surface area contributed by atoms with E-state index in [2.05, 4.69) is 44.7 Å². The summed E-state index contributed by atoms with van der Waals surface area (Å²) in [5, 5.41) is 0. The van der Waals surface area contributed by atoms with Gasteiger partial charge in [0.25, 0.3) is 0 Å². The molecular formula is C17H37N3. The van der Waals surface area contributed by atoms with E-state index in [0.717, 1.165) is 24.9 Å². The minimum absolute atomic E-state index is 0.374. The van der Waals surface area contributed by atoms with Crippen molar-refractivity contribution in [1.29, 1.82) is 0 Å². The summed E-state index contributed by atoms with van der Waals surface area (Å²) < 4.78 is 0. The van der Waals surface area contributed by atoms with Gasteiger partial charge in [-0.15, -0.1) is 0 Å². The summed E-state index contributed by atoms with van der Waals surface area (Å²) >= 11 is 0. The van der Waals surface area contributed by atoms with Gasteiger partial charge in [0.05, 0.1) is 0 Å². The molecule has 20 heavy (non-hydrogen) atoms. The lowest BCUT2D eigenvalue weighted by molar-refractivity contribution is 0.0782. The maximum atomic E-state index is 6.20. The first-order chi connectivity index (χ1) is 9.37. The standard InChI is InChI=1S/C17H37N3/c1-15(2)12-20(10-9-19(4)5)14-17(13-18)8-6-7-16(3)11-17/h15-16H,6-14,18H2,1-5H3. The molecule has 3 nitrogen and oxygen atoms in total. The second kappa shape index (κ2) is 8.35. The minimum Gasteiger partial charge on any atom is -0.330 e. The molecule has 0 aromatic rings. The molecule has 1 aliphatic carbocycles. The fourth-order valence-corrected chi connectivity index (χ4v) is 3.73. The first-order valence-electron chi connectivity index (χ1n) is 8.44. The van der Waals surface area contributed by atoms with Gasteiger partial charge in [0.15, 0.2) is 0 Å². The first-order valence-corrected chi connectivity index (χ1v) is 8.44. The van der Waals surface area contributed by atoms with E-state index in [1.54, 1.807) is 0 Å². The number of hydrogen-bond acceptors (Lipinski definition) is 3. The maximum Gasteiger partial charge on any atom is 0.0109 e. The monoisotopic (exact) mass is 283 g/mol. The number of hydrogen-bond donors (Lipinski definition) is 1. The van der Waals surface area contributed by atoms with Crippen molar-refractivity contribution in [3.05, 3.63) is 0 Å². The van der Waals surface area contributed by atoms with Gasteiger partial charge >= 0.3 is 0 Å². The molecule has 0 saturated heterocycles. The van der Waals surface area contributed by atoms with Gasteiger partial charge in [-0.25, -0.2) is 0 Å². The summed E-state index contributed by atoms with van der Waals surface area (Å²) in [6.07, 6.45) is 5.40. The molecule has 0 aromatic carbocycles. The van der Waals surface area contributed by atoms with Crippen molar-refractivity contribution in [1.82, 2.24) is 9.80 Å². The Morgan fingerprint density at radius 1 is 1.25 bits per heavy atom. The van der Waals surface area contributed by atoms with Crippen LogP contribution in [0.2, 0.25) is 0 Å². The Morgan fingerprint density at radius 2 is 1.95 bits per heavy atom. The smallest absolute Gasteiger partial charge is 0.0109 e. The van der Waals surface area contributed by atoms with Gasteiger partial charge in [0, 0.05) is 26.2 Å². The van der Waals surface area contributed by atoms with E-state index >= 15 is 0 Å². The summed E-state index contributed by atoms with van der Waals surface area (Å²) in [4.78, 5) is 4.95. The highest BCUT2D eigenvalue weighted by Gasteiger charge is 2.35. The average molecular weight is 284 g/mol. The van der Waals surface area contributed by atoms with Crippen molar-refractivity contribution in [3.63, 3.8) is 0 Å². The van der Waals surface area contributed by atoms with E-state index in [4.69, 9.17) is 5.73 Å². The summed E-state index contributed by atoms with van der Waals surface area (Å²) in [7, 11) is 4.32. The van der Waals surface area contributed by atoms with E-state index in [-0.39, 0.29) is 0 Å². The molecule has 2 atom stereocenters. The molecule has 0 aromatic heterocycles. The fraction of sp³-hybridized carbons (Fsp3) is 1.00. The molecule has 1 saturated carbocycles. The Labute approximate surface area is 126 Å². The SMILES string of the molecule is CC(C)CN(CCN(C)C)CC1(CN)CCCC(C)C1. The third-order valence-corrected chi connectivity index (χ3v) is 4.66. The van der Waals surface area contributed by atoms with Crippen molar-refractivity contribution < 1.29 is 0 Å². The molecule has 1 rings (SSSR count). The van der Waals surface area contributed by atoms with Crippen molar-refractivity contribution in [3.8, 4) is 0 Å². The highest BCUT2D eigenvalue weighted by atomic mass is 15.2. The van der Waals surface area contributed by atoms with Gasteiger partial charge in [-0.3, -0.25) is 0 Å². The summed E-state index contributed by atoms with van der Waals surface area (Å²) in [5.41, 5.74) is 6.57. The fourth-order valence-electron chi connectivity index (χ4n) is 3.73. The van der Waals surface area contributed by atoms with Crippen LogP contribution in [0.15, 0.2) is 0 Å². The van der Waals surface area contributed by atoms with Crippen LogP contribution < -0.4 is 5.73 Å². The molecule has 2 N–H and O–H groups in total. The maximum absolute atomic E-state index is 6.20. The largest absolute Gasteiger partial charge is 0.330 e. The van der Waals surface area contributed by atoms with Crippen LogP contribution >= 0.6 is 0 Å². The Kier molecular flexibility index (Phi) is 7.49. The lowest BCUT2D eigenvalue weighted by Gasteiger charge is -2.43. The molecule has 1 fully saturated rings. The molecule has 2 unspecified atom stereocenters. The zero-order chi connectivity index (χ0) is 15.2. The van der Waals surface area contributed by atoms with E-state index in [9.17, 15) is 0 Å². The molecule has 120 valence electrons. The predicted octanol–water partition coefficient (Wildman–Crippen LogP) is 2.66. The van der Waals surface area contributed by atoms with Crippen LogP contribution in [0, 0.1) is 17.3 Å². The van der Waals surface area contributed by atoms with Crippen LogP contribution in [0.1, 0.15) is 46.5 Å². The summed E-state index contributed by atoms with van der Waals surface area (Å²) in [6.45, 7) is 12.6. The molecule has 1 aliphatic rings. The van der Waals surface area contributed by atoms with Crippen LogP contribution in [-0.2, 0) is 0 Å². The molecule has 3 heteroatoms. The summed E-state index contributed by atoms with van der Waals surface area (Å²) in [6, 6.07) is 0. The van der Waals surface area contributed by atoms with E-state index in [0.29, 0.717) is 5.41 Å². The second-order valence-corrected chi connectivity index (χ2v) is 7.84. The number of nitrogens with zero attached hydrogens (tertiary/aromatic N) is 2. The predicted molar refractivity (Wildman–Crippen MR) is 89.0 cm³/mol. The Morgan fingerprint density at radius 3 is 2.45 bits per heavy atom. The minimum atomic E-state index is 0.374. The molecule has 0 aliphatic heterocycles. The van der Waals surface area contributed by atoms with E-state index in [1.807, 2.05) is 0 Å². The van der Waals surface area contributed by atoms with Crippen LogP contribution in [0.3, 0.4) is 0 Å². The van der Waals surface area contributed by atoms with Gasteiger partial charge < -0.3 is 15.5 Å². The van der Waals surface area contributed by atoms with Crippen LogP contribution in [-0.4, -0.2) is 56.6 Å². The molecule has 0 amide bonds. The van der Waals surface area contributed by atoms with Gasteiger partial charge in [-0.05, 0) is 50.7 Å². The van der Waals surface area contributed by atoms with Crippen molar-refractivity contribution in [2.24, 2.45) is 23.0 Å². The first kappa shape index (κ1) is 17.9. The lowest BCUT2D eigenvalue weighted by Crippen LogP contribution is -2.47. The van der Waals surface area contributed by atoms with Crippen LogP contribution in [0.25, 0.3) is 0 Å². The van der Waals surface area contributed by atoms with Gasteiger partial charge in [-0.2, -0.15) is 0 Å². The number of likely N-dealkylation sites (N-methyl/N-ethyl adjacent to an activating group) is 1. The number of nitrogens with two attached hydrogens (primary N) is 1. The molecular weight excluding hydrogens is 246 g/mol.